The molecule has 0 aliphatic rings. The standard InChI is InChI=1S/C18H14Cl2FN3OS/c1-9(2)16-17(26-24-23-16)18(25)22-15-6-4-11(21)8-12(15)10-3-5-13(19)14(20)7-10/h3-9H,1-2H3,(H,22,25). The maximum Gasteiger partial charge on any atom is 0.269 e. The number of aromatic nitrogens is 2. The first-order valence-electron chi connectivity index (χ1n) is 7.75. The Bertz CT molecular complexity index is 975. The van der Waals surface area contributed by atoms with Gasteiger partial charge in [0.15, 0.2) is 0 Å². The molecule has 1 aromatic heterocycles. The lowest BCUT2D eigenvalue weighted by atomic mass is 10.0. The number of amides is 1. The quantitative estimate of drug-likeness (QED) is 0.572. The summed E-state index contributed by atoms with van der Waals surface area (Å²) < 4.78 is 17.7. The van der Waals surface area contributed by atoms with Crippen LogP contribution in [-0.4, -0.2) is 15.5 Å². The van der Waals surface area contributed by atoms with Gasteiger partial charge in [0.25, 0.3) is 5.91 Å². The van der Waals surface area contributed by atoms with Crippen LogP contribution in [0.15, 0.2) is 36.4 Å². The van der Waals surface area contributed by atoms with Gasteiger partial charge in [0.2, 0.25) is 0 Å². The van der Waals surface area contributed by atoms with Crippen molar-refractivity contribution in [3.63, 3.8) is 0 Å². The van der Waals surface area contributed by atoms with E-state index in [1.165, 1.54) is 18.2 Å². The number of anilines is 1. The number of halogens is 3. The minimum Gasteiger partial charge on any atom is -0.321 e. The van der Waals surface area contributed by atoms with E-state index < -0.39 is 5.82 Å². The van der Waals surface area contributed by atoms with Gasteiger partial charge in [-0.05, 0) is 53.3 Å². The number of carbonyl (C=O) groups excluding carboxylic acids is 1. The maximum atomic E-state index is 13.8. The van der Waals surface area contributed by atoms with E-state index in [-0.39, 0.29) is 11.8 Å². The summed E-state index contributed by atoms with van der Waals surface area (Å²) in [6, 6.07) is 9.09. The van der Waals surface area contributed by atoms with E-state index in [2.05, 4.69) is 14.9 Å². The molecule has 0 saturated carbocycles. The highest BCUT2D eigenvalue weighted by Crippen LogP contribution is 2.34. The third kappa shape index (κ3) is 3.87. The smallest absolute Gasteiger partial charge is 0.269 e. The van der Waals surface area contributed by atoms with Crippen molar-refractivity contribution in [3.05, 3.63) is 62.8 Å². The fourth-order valence-electron chi connectivity index (χ4n) is 2.44. The zero-order valence-corrected chi connectivity index (χ0v) is 16.2. The van der Waals surface area contributed by atoms with Gasteiger partial charge in [-0.25, -0.2) is 4.39 Å². The summed E-state index contributed by atoms with van der Waals surface area (Å²) in [6.45, 7) is 3.87. The van der Waals surface area contributed by atoms with Crippen molar-refractivity contribution in [3.8, 4) is 11.1 Å². The third-order valence-electron chi connectivity index (χ3n) is 3.73. The lowest BCUT2D eigenvalue weighted by molar-refractivity contribution is 0.102. The van der Waals surface area contributed by atoms with Crippen LogP contribution in [-0.2, 0) is 0 Å². The second-order valence-electron chi connectivity index (χ2n) is 5.91. The van der Waals surface area contributed by atoms with Gasteiger partial charge in [-0.1, -0.05) is 47.6 Å². The molecule has 1 heterocycles. The summed E-state index contributed by atoms with van der Waals surface area (Å²) in [4.78, 5) is 13.1. The molecular formula is C18H14Cl2FN3OS. The van der Waals surface area contributed by atoms with Crippen molar-refractivity contribution in [2.45, 2.75) is 19.8 Å². The van der Waals surface area contributed by atoms with Crippen molar-refractivity contribution in [1.29, 1.82) is 0 Å². The number of hydrogen-bond acceptors (Lipinski definition) is 4. The summed E-state index contributed by atoms with van der Waals surface area (Å²) >= 11 is 13.0. The number of nitrogens with one attached hydrogen (secondary N) is 1. The number of hydrogen-bond donors (Lipinski definition) is 1. The van der Waals surface area contributed by atoms with Crippen LogP contribution in [0, 0.1) is 5.82 Å². The molecule has 4 nitrogen and oxygen atoms in total. The Morgan fingerprint density at radius 1 is 1.15 bits per heavy atom. The highest BCUT2D eigenvalue weighted by Gasteiger charge is 2.20. The van der Waals surface area contributed by atoms with Crippen molar-refractivity contribution < 1.29 is 9.18 Å². The first-order valence-corrected chi connectivity index (χ1v) is 9.28. The number of nitrogens with zero attached hydrogens (tertiary/aromatic N) is 2. The zero-order chi connectivity index (χ0) is 18.8. The van der Waals surface area contributed by atoms with Crippen molar-refractivity contribution in [1.82, 2.24) is 9.59 Å². The molecule has 0 aliphatic heterocycles. The summed E-state index contributed by atoms with van der Waals surface area (Å²) in [5.41, 5.74) is 2.23. The Morgan fingerprint density at radius 3 is 2.62 bits per heavy atom. The highest BCUT2D eigenvalue weighted by atomic mass is 35.5. The molecule has 3 aromatic rings. The van der Waals surface area contributed by atoms with Crippen LogP contribution in [0.3, 0.4) is 0 Å². The second kappa shape index (κ2) is 7.70. The fraction of sp³-hybridized carbons (Fsp3) is 0.167. The highest BCUT2D eigenvalue weighted by molar-refractivity contribution is 7.08. The Hall–Kier alpha value is -2.02. The van der Waals surface area contributed by atoms with Gasteiger partial charge in [-0.2, -0.15) is 0 Å². The number of rotatable bonds is 4. The fourth-order valence-corrected chi connectivity index (χ4v) is 3.45. The van der Waals surface area contributed by atoms with E-state index in [9.17, 15) is 9.18 Å². The summed E-state index contributed by atoms with van der Waals surface area (Å²) in [6.07, 6.45) is 0. The number of carbonyl (C=O) groups is 1. The predicted molar refractivity (Wildman–Crippen MR) is 104 cm³/mol. The first kappa shape index (κ1) is 18.8. The van der Waals surface area contributed by atoms with Crippen LogP contribution in [0.4, 0.5) is 10.1 Å². The lowest BCUT2D eigenvalue weighted by Crippen LogP contribution is -2.14. The monoisotopic (exact) mass is 409 g/mol. The van der Waals surface area contributed by atoms with E-state index in [0.29, 0.717) is 37.4 Å². The molecule has 0 atom stereocenters. The van der Waals surface area contributed by atoms with Gasteiger partial charge < -0.3 is 5.32 Å². The summed E-state index contributed by atoms with van der Waals surface area (Å²) in [5.74, 6) is -0.694. The Balaban J connectivity index is 1.99. The van der Waals surface area contributed by atoms with Crippen LogP contribution in [0.2, 0.25) is 10.0 Å². The van der Waals surface area contributed by atoms with Gasteiger partial charge in [-0.3, -0.25) is 4.79 Å². The van der Waals surface area contributed by atoms with Crippen LogP contribution >= 0.6 is 34.7 Å². The van der Waals surface area contributed by atoms with Crippen LogP contribution in [0.5, 0.6) is 0 Å². The lowest BCUT2D eigenvalue weighted by Gasteiger charge is -2.12. The normalized spacial score (nSPS) is 11.0. The maximum absolute atomic E-state index is 13.8. The molecule has 0 bridgehead atoms. The molecule has 0 saturated heterocycles. The molecule has 1 N–H and O–H groups in total. The Labute approximate surface area is 164 Å². The van der Waals surface area contributed by atoms with Gasteiger partial charge in [0.05, 0.1) is 15.7 Å². The predicted octanol–water partition coefficient (Wildman–Crippen LogP) is 6.03. The largest absolute Gasteiger partial charge is 0.321 e. The molecule has 3 rings (SSSR count). The van der Waals surface area contributed by atoms with Crippen molar-refractivity contribution in [2.75, 3.05) is 5.32 Å². The van der Waals surface area contributed by atoms with Crippen LogP contribution < -0.4 is 5.32 Å². The molecule has 0 unspecified atom stereocenters. The average Bonchev–Trinajstić information content (AvgIpc) is 3.09. The summed E-state index contributed by atoms with van der Waals surface area (Å²) in [7, 11) is 0. The van der Waals surface area contributed by atoms with E-state index >= 15 is 0 Å². The summed E-state index contributed by atoms with van der Waals surface area (Å²) in [5, 5.41) is 7.57. The van der Waals surface area contributed by atoms with Gasteiger partial charge in [0.1, 0.15) is 10.7 Å². The molecule has 8 heteroatoms. The van der Waals surface area contributed by atoms with Gasteiger partial charge >= 0.3 is 0 Å². The van der Waals surface area contributed by atoms with E-state index in [4.69, 9.17) is 23.2 Å². The molecule has 0 radical (unpaired) electrons. The second-order valence-corrected chi connectivity index (χ2v) is 7.48. The molecule has 0 aliphatic carbocycles. The topological polar surface area (TPSA) is 54.9 Å². The first-order chi connectivity index (χ1) is 12.4. The number of benzene rings is 2. The van der Waals surface area contributed by atoms with E-state index in [1.54, 1.807) is 18.2 Å². The molecular weight excluding hydrogens is 396 g/mol. The minimum atomic E-state index is -0.425. The third-order valence-corrected chi connectivity index (χ3v) is 5.21. The molecule has 0 spiro atoms. The van der Waals surface area contributed by atoms with E-state index in [0.717, 1.165) is 11.5 Å². The van der Waals surface area contributed by atoms with Crippen LogP contribution in [0.1, 0.15) is 35.1 Å². The molecule has 2 aromatic carbocycles. The average molecular weight is 410 g/mol. The van der Waals surface area contributed by atoms with Gasteiger partial charge in [0, 0.05) is 11.3 Å². The zero-order valence-electron chi connectivity index (χ0n) is 13.9. The van der Waals surface area contributed by atoms with Crippen molar-refractivity contribution in [2.24, 2.45) is 0 Å². The SMILES string of the molecule is CC(C)c1nnsc1C(=O)Nc1ccc(F)cc1-c1ccc(Cl)c(Cl)c1. The van der Waals surface area contributed by atoms with E-state index in [1.807, 2.05) is 13.8 Å². The Morgan fingerprint density at radius 2 is 1.92 bits per heavy atom. The molecule has 26 heavy (non-hydrogen) atoms. The minimum absolute atomic E-state index is 0.0669. The molecule has 0 fully saturated rings. The van der Waals surface area contributed by atoms with Crippen molar-refractivity contribution >= 4 is 46.3 Å². The Kier molecular flexibility index (Phi) is 5.55. The molecule has 134 valence electrons. The van der Waals surface area contributed by atoms with Gasteiger partial charge in [-0.15, -0.1) is 5.10 Å². The van der Waals surface area contributed by atoms with Crippen LogP contribution in [0.25, 0.3) is 11.1 Å². The molecule has 1 amide bonds.